The summed E-state index contributed by atoms with van der Waals surface area (Å²) in [5.41, 5.74) is 2.12. The normalized spacial score (nSPS) is 20.1. The van der Waals surface area contributed by atoms with E-state index in [0.29, 0.717) is 16.5 Å². The summed E-state index contributed by atoms with van der Waals surface area (Å²) < 4.78 is 10.9. The van der Waals surface area contributed by atoms with Crippen molar-refractivity contribution >= 4 is 57.7 Å². The minimum atomic E-state index is -0.969. The van der Waals surface area contributed by atoms with Gasteiger partial charge in [0.05, 0.1) is 13.0 Å². The smallest absolute Gasteiger partial charge is 0.355 e. The van der Waals surface area contributed by atoms with E-state index in [-0.39, 0.29) is 42.0 Å². The maximum atomic E-state index is 13.9. The molecule has 12 nitrogen and oxygen atoms in total. The molecule has 1 aromatic heterocycles. The van der Waals surface area contributed by atoms with E-state index in [4.69, 9.17) is 19.3 Å². The Labute approximate surface area is 321 Å². The Kier molecular flexibility index (Phi) is 10.3. The summed E-state index contributed by atoms with van der Waals surface area (Å²) >= 11 is 2.69. The van der Waals surface area contributed by atoms with Crippen LogP contribution in [0.15, 0.2) is 113 Å². The summed E-state index contributed by atoms with van der Waals surface area (Å²) in [5.74, 6) is -2.19. The van der Waals surface area contributed by atoms with Crippen molar-refractivity contribution in [2.24, 2.45) is 11.1 Å². The van der Waals surface area contributed by atoms with Crippen molar-refractivity contribution in [2.45, 2.75) is 49.7 Å². The van der Waals surface area contributed by atoms with E-state index in [9.17, 15) is 19.2 Å². The lowest BCUT2D eigenvalue weighted by Gasteiger charge is -2.50. The summed E-state index contributed by atoms with van der Waals surface area (Å²) in [6.07, 6.45) is 0.111. The van der Waals surface area contributed by atoms with E-state index < -0.39 is 40.3 Å². The molecular weight excluding hydrogens is 727 g/mol. The van der Waals surface area contributed by atoms with Gasteiger partial charge in [0.2, 0.25) is 0 Å². The second kappa shape index (κ2) is 15.1. The highest BCUT2D eigenvalue weighted by Gasteiger charge is 2.56. The van der Waals surface area contributed by atoms with E-state index >= 15 is 0 Å². The molecule has 3 aliphatic heterocycles. The van der Waals surface area contributed by atoms with Gasteiger partial charge in [-0.2, -0.15) is 0 Å². The van der Waals surface area contributed by atoms with Gasteiger partial charge in [-0.15, -0.1) is 23.1 Å². The number of cyclic esters (lactones) is 1. The number of carbonyl (C=O) groups excluding carboxylic acids is 4. The van der Waals surface area contributed by atoms with Crippen molar-refractivity contribution in [3.05, 3.63) is 130 Å². The highest BCUT2D eigenvalue weighted by Crippen LogP contribution is 2.45. The van der Waals surface area contributed by atoms with Gasteiger partial charge in [0.1, 0.15) is 41.1 Å². The van der Waals surface area contributed by atoms with Gasteiger partial charge in [-0.1, -0.05) is 96.2 Å². The van der Waals surface area contributed by atoms with Gasteiger partial charge < -0.3 is 24.9 Å². The van der Waals surface area contributed by atoms with Crippen molar-refractivity contribution in [3.8, 4) is 0 Å². The molecule has 14 heteroatoms. The molecule has 0 bridgehead atoms. The quantitative estimate of drug-likeness (QED) is 0.0664. The van der Waals surface area contributed by atoms with Crippen molar-refractivity contribution in [3.63, 3.8) is 0 Å². The molecule has 2 N–H and O–H groups in total. The van der Waals surface area contributed by atoms with Crippen LogP contribution in [0, 0.1) is 5.92 Å². The Hall–Kier alpha value is -5.47. The minimum Gasteiger partial charge on any atom is -0.465 e. The third-order valence-electron chi connectivity index (χ3n) is 9.29. The fraction of sp³-hybridized carbons (Fsp3) is 0.300. The number of oxime groups is 1. The average molecular weight is 766 g/mol. The summed E-state index contributed by atoms with van der Waals surface area (Å²) in [5, 5.41) is 12.2. The number of hydrogen-bond donors (Lipinski definition) is 2. The van der Waals surface area contributed by atoms with Gasteiger partial charge in [0.15, 0.2) is 10.8 Å². The molecule has 0 radical (unpaired) electrons. The van der Waals surface area contributed by atoms with Crippen molar-refractivity contribution in [2.75, 3.05) is 24.8 Å². The van der Waals surface area contributed by atoms with Gasteiger partial charge in [-0.05, 0) is 43.0 Å². The van der Waals surface area contributed by atoms with E-state index in [0.717, 1.165) is 16.7 Å². The van der Waals surface area contributed by atoms with Crippen LogP contribution in [0.1, 0.15) is 49.6 Å². The van der Waals surface area contributed by atoms with Crippen molar-refractivity contribution < 1.29 is 33.5 Å². The molecule has 278 valence electrons. The zero-order valence-corrected chi connectivity index (χ0v) is 31.7. The number of thiazole rings is 1. The van der Waals surface area contributed by atoms with Crippen LogP contribution in [0.25, 0.3) is 0 Å². The molecule has 54 heavy (non-hydrogen) atoms. The van der Waals surface area contributed by atoms with Crippen LogP contribution in [0.5, 0.6) is 0 Å². The predicted octanol–water partition coefficient (Wildman–Crippen LogP) is 5.46. The van der Waals surface area contributed by atoms with Gasteiger partial charge in [-0.25, -0.2) is 9.78 Å². The number of nitrogens with one attached hydrogen (secondary N) is 2. The molecule has 3 atom stereocenters. The molecule has 0 aliphatic carbocycles. The number of amides is 2. The molecule has 0 spiro atoms. The number of carbonyl (C=O) groups is 4. The molecule has 4 aromatic rings. The van der Waals surface area contributed by atoms with E-state index in [1.54, 1.807) is 26.2 Å². The number of ether oxygens (including phenoxy) is 2. The molecule has 1 unspecified atom stereocenters. The molecular formula is C40H39N5O7S2. The van der Waals surface area contributed by atoms with Gasteiger partial charge >= 0.3 is 11.9 Å². The first kappa shape index (κ1) is 36.9. The third kappa shape index (κ3) is 7.10. The predicted molar refractivity (Wildman–Crippen MR) is 205 cm³/mol. The standard InChI is InChI=1S/C40H39N5O7S2/c1-39(2,3)52-37(49)33-28(24-20-30(46)51-21-24)22-53-36-32(35(48)45(33)36)42-34(47)31(44-50-4)29-23-54-38(41-29)43-40(25-14-8-5-9-15-25,26-16-10-6-11-17-26)27-18-12-7-13-19-27/h5-19,23-24,32,36H,20-22H2,1-4H3,(H,41,43)(H,42,47)/t24?,32-,36-/m1/s1. The van der Waals surface area contributed by atoms with Crippen molar-refractivity contribution in [1.29, 1.82) is 0 Å². The monoisotopic (exact) mass is 765 g/mol. The first-order valence-corrected chi connectivity index (χ1v) is 19.3. The second-order valence-electron chi connectivity index (χ2n) is 14.0. The molecule has 3 aromatic carbocycles. The lowest BCUT2D eigenvalue weighted by atomic mass is 9.77. The van der Waals surface area contributed by atoms with Crippen LogP contribution in [0.2, 0.25) is 0 Å². The fourth-order valence-electron chi connectivity index (χ4n) is 6.89. The number of nitrogens with zero attached hydrogens (tertiary/aromatic N) is 3. The summed E-state index contributed by atoms with van der Waals surface area (Å²) in [6, 6.07) is 29.2. The summed E-state index contributed by atoms with van der Waals surface area (Å²) in [6.45, 7) is 5.34. The number of fused-ring (bicyclic) bond motifs is 1. The van der Waals surface area contributed by atoms with E-state index in [1.807, 2.05) is 54.6 Å². The number of anilines is 1. The highest BCUT2D eigenvalue weighted by molar-refractivity contribution is 8.00. The Morgan fingerprint density at radius 3 is 2.04 bits per heavy atom. The minimum absolute atomic E-state index is 0.104. The zero-order chi connectivity index (χ0) is 38.0. The van der Waals surface area contributed by atoms with Crippen LogP contribution >= 0.6 is 23.1 Å². The molecule has 2 amide bonds. The largest absolute Gasteiger partial charge is 0.465 e. The van der Waals surface area contributed by atoms with Crippen LogP contribution < -0.4 is 10.6 Å². The Bertz CT molecular complexity index is 2020. The number of β-lactam (4-membered cyclic amide) rings is 1. The number of aromatic nitrogens is 1. The highest BCUT2D eigenvalue weighted by atomic mass is 32.2. The van der Waals surface area contributed by atoms with E-state index in [2.05, 4.69) is 52.2 Å². The molecule has 0 saturated carbocycles. The van der Waals surface area contributed by atoms with E-state index in [1.165, 1.54) is 35.1 Å². The summed E-state index contributed by atoms with van der Waals surface area (Å²) in [4.78, 5) is 64.5. The lowest BCUT2D eigenvalue weighted by molar-refractivity contribution is -0.159. The number of hydrogen-bond acceptors (Lipinski definition) is 12. The SMILES string of the molecule is CON=C(C(=O)N[C@@H]1C(=O)N2C(C(=O)OC(C)(C)C)=C(C3COC(=O)C3)CS[C@H]12)c1csc(NC(c2ccccc2)(c2ccccc2)c2ccccc2)n1. The number of thioether (sulfide) groups is 1. The molecule has 3 aliphatic rings. The average Bonchev–Trinajstić information content (AvgIpc) is 3.83. The molecule has 2 saturated heterocycles. The molecule has 2 fully saturated rings. The number of benzene rings is 3. The maximum absolute atomic E-state index is 13.9. The first-order chi connectivity index (χ1) is 26.0. The maximum Gasteiger partial charge on any atom is 0.355 e. The van der Waals surface area contributed by atoms with Gasteiger partial charge in [0, 0.05) is 17.1 Å². The van der Waals surface area contributed by atoms with Crippen LogP contribution in [-0.2, 0) is 39.0 Å². The molecule has 4 heterocycles. The first-order valence-electron chi connectivity index (χ1n) is 17.4. The van der Waals surface area contributed by atoms with Crippen LogP contribution in [0.3, 0.4) is 0 Å². The third-order valence-corrected chi connectivity index (χ3v) is 11.3. The van der Waals surface area contributed by atoms with Crippen molar-refractivity contribution in [1.82, 2.24) is 15.2 Å². The van der Waals surface area contributed by atoms with Crippen LogP contribution in [0.4, 0.5) is 5.13 Å². The Morgan fingerprint density at radius 2 is 1.52 bits per heavy atom. The Balaban J connectivity index is 1.16. The lowest BCUT2D eigenvalue weighted by Crippen LogP contribution is -2.71. The Morgan fingerprint density at radius 1 is 0.926 bits per heavy atom. The number of esters is 2. The fourth-order valence-corrected chi connectivity index (χ4v) is 9.10. The van der Waals surface area contributed by atoms with Crippen LogP contribution in [-0.4, -0.2) is 75.8 Å². The van der Waals surface area contributed by atoms with Gasteiger partial charge in [-0.3, -0.25) is 19.3 Å². The second-order valence-corrected chi connectivity index (χ2v) is 15.9. The topological polar surface area (TPSA) is 149 Å². The zero-order valence-electron chi connectivity index (χ0n) is 30.1. The number of rotatable bonds is 11. The molecule has 7 rings (SSSR count). The summed E-state index contributed by atoms with van der Waals surface area (Å²) in [7, 11) is 1.33. The van der Waals surface area contributed by atoms with Gasteiger partial charge in [0.25, 0.3) is 11.8 Å².